The van der Waals surface area contributed by atoms with E-state index in [4.69, 9.17) is 5.73 Å². The number of nitrogens with two attached hydrogens (primary N) is 1. The van der Waals surface area contributed by atoms with Gasteiger partial charge in [0.05, 0.1) is 0 Å². The molecule has 1 unspecified atom stereocenters. The van der Waals surface area contributed by atoms with Gasteiger partial charge in [-0.1, -0.05) is 0 Å². The van der Waals surface area contributed by atoms with Crippen molar-refractivity contribution in [3.63, 3.8) is 0 Å². The first-order valence-corrected chi connectivity index (χ1v) is 2.81. The average Bonchev–Trinajstić information content (AvgIpc) is 1.77. The number of piperidine rings is 1. The van der Waals surface area contributed by atoms with E-state index in [0.29, 0.717) is 13.0 Å². The fourth-order valence-corrected chi connectivity index (χ4v) is 0.752. The highest BCUT2D eigenvalue weighted by molar-refractivity contribution is 5.76. The molecule has 0 aromatic rings. The lowest BCUT2D eigenvalue weighted by molar-refractivity contribution is -0.122. The molecule has 1 atom stereocenters. The number of carbonyl (C=O) groups excluding carboxylic acids is 1. The lowest BCUT2D eigenvalue weighted by atomic mass is 10.1. The summed E-state index contributed by atoms with van der Waals surface area (Å²) in [7, 11) is 0. The molecule has 1 heterocycles. The van der Waals surface area contributed by atoms with Gasteiger partial charge in [0.1, 0.15) is 0 Å². The smallest absolute Gasteiger partial charge is 0.220 e. The molecule has 46 valence electrons. The number of hydrogen-bond donors (Lipinski definition) is 2. The maximum absolute atomic E-state index is 10.4. The molecule has 3 nitrogen and oxygen atoms in total. The molecule has 1 rings (SSSR count). The Morgan fingerprint density at radius 3 is 2.88 bits per heavy atom. The summed E-state index contributed by atoms with van der Waals surface area (Å²) >= 11 is 0. The average molecular weight is 114 g/mol. The Morgan fingerprint density at radius 2 is 2.50 bits per heavy atom. The second-order valence-corrected chi connectivity index (χ2v) is 2.10. The summed E-state index contributed by atoms with van der Waals surface area (Å²) in [6.45, 7) is 0.652. The summed E-state index contributed by atoms with van der Waals surface area (Å²) in [6, 6.07) is 0.188. The van der Waals surface area contributed by atoms with E-state index in [2.05, 4.69) is 5.32 Å². The Bertz CT molecular complexity index is 92.6. The third-order valence-corrected chi connectivity index (χ3v) is 1.30. The predicted molar refractivity (Wildman–Crippen MR) is 30.2 cm³/mol. The summed E-state index contributed by atoms with van der Waals surface area (Å²) < 4.78 is 0. The highest BCUT2D eigenvalue weighted by Crippen LogP contribution is 1.98. The molecule has 0 radical (unpaired) electrons. The van der Waals surface area contributed by atoms with Crippen LogP contribution >= 0.6 is 0 Å². The number of rotatable bonds is 0. The van der Waals surface area contributed by atoms with E-state index in [1.165, 1.54) is 0 Å². The van der Waals surface area contributed by atoms with Crippen LogP contribution in [0.25, 0.3) is 0 Å². The van der Waals surface area contributed by atoms with Gasteiger partial charge in [0.2, 0.25) is 5.91 Å². The highest BCUT2D eigenvalue weighted by atomic mass is 16.1. The third-order valence-electron chi connectivity index (χ3n) is 1.30. The molecule has 0 saturated carbocycles. The van der Waals surface area contributed by atoms with Gasteiger partial charge in [-0.05, 0) is 6.42 Å². The Hall–Kier alpha value is -0.570. The van der Waals surface area contributed by atoms with E-state index in [0.717, 1.165) is 6.42 Å². The van der Waals surface area contributed by atoms with Crippen molar-refractivity contribution in [2.75, 3.05) is 6.54 Å². The molecule has 1 fully saturated rings. The van der Waals surface area contributed by atoms with Crippen molar-refractivity contribution in [2.24, 2.45) is 5.73 Å². The quantitative estimate of drug-likeness (QED) is 0.434. The minimum absolute atomic E-state index is 0.131. The molecule has 0 spiro atoms. The van der Waals surface area contributed by atoms with Crippen LogP contribution in [-0.2, 0) is 4.79 Å². The molecule has 1 aliphatic heterocycles. The Labute approximate surface area is 48.2 Å². The molecule has 0 bridgehead atoms. The van der Waals surface area contributed by atoms with Gasteiger partial charge in [0.15, 0.2) is 0 Å². The van der Waals surface area contributed by atoms with E-state index in [1.54, 1.807) is 0 Å². The van der Waals surface area contributed by atoms with E-state index >= 15 is 0 Å². The molecule has 1 saturated heterocycles. The normalized spacial score (nSPS) is 29.6. The van der Waals surface area contributed by atoms with E-state index in [1.807, 2.05) is 0 Å². The van der Waals surface area contributed by atoms with Crippen molar-refractivity contribution in [1.29, 1.82) is 0 Å². The van der Waals surface area contributed by atoms with Crippen molar-refractivity contribution in [2.45, 2.75) is 18.9 Å². The molecular weight excluding hydrogens is 104 g/mol. The van der Waals surface area contributed by atoms with E-state index in [9.17, 15) is 4.79 Å². The Morgan fingerprint density at radius 1 is 1.75 bits per heavy atom. The summed E-state index contributed by atoms with van der Waals surface area (Å²) in [5, 5.41) is 2.67. The van der Waals surface area contributed by atoms with Crippen LogP contribution in [-0.4, -0.2) is 18.5 Å². The zero-order valence-corrected chi connectivity index (χ0v) is 4.68. The van der Waals surface area contributed by atoms with Gasteiger partial charge in [-0.2, -0.15) is 0 Å². The van der Waals surface area contributed by atoms with Crippen LogP contribution in [0, 0.1) is 0 Å². The molecule has 8 heavy (non-hydrogen) atoms. The third kappa shape index (κ3) is 1.20. The first-order valence-electron chi connectivity index (χ1n) is 2.81. The Balaban J connectivity index is 2.29. The van der Waals surface area contributed by atoms with Gasteiger partial charge in [-0.15, -0.1) is 0 Å². The van der Waals surface area contributed by atoms with Crippen molar-refractivity contribution in [3.05, 3.63) is 0 Å². The first kappa shape index (κ1) is 5.56. The van der Waals surface area contributed by atoms with Gasteiger partial charge in [-0.3, -0.25) is 4.79 Å². The zero-order valence-electron chi connectivity index (χ0n) is 4.68. The molecule has 3 N–H and O–H groups in total. The zero-order chi connectivity index (χ0) is 5.98. The second kappa shape index (κ2) is 2.13. The van der Waals surface area contributed by atoms with Gasteiger partial charge in [-0.25, -0.2) is 0 Å². The molecule has 0 aliphatic carbocycles. The molecular formula is C5H10N2O. The van der Waals surface area contributed by atoms with Crippen LogP contribution in [0.3, 0.4) is 0 Å². The standard InChI is InChI=1S/C5H10N2O/c6-4-1-2-5(8)7-3-4/h4H,1-3,6H2,(H,7,8). The van der Waals surface area contributed by atoms with Crippen molar-refractivity contribution < 1.29 is 4.79 Å². The fourth-order valence-electron chi connectivity index (χ4n) is 0.752. The van der Waals surface area contributed by atoms with E-state index in [-0.39, 0.29) is 11.9 Å². The number of hydrogen-bond acceptors (Lipinski definition) is 2. The Kier molecular flexibility index (Phi) is 1.48. The van der Waals surface area contributed by atoms with Gasteiger partial charge in [0, 0.05) is 19.0 Å². The second-order valence-electron chi connectivity index (χ2n) is 2.10. The van der Waals surface area contributed by atoms with Gasteiger partial charge in [0.25, 0.3) is 0 Å². The van der Waals surface area contributed by atoms with Crippen LogP contribution in [0.2, 0.25) is 0 Å². The predicted octanol–water partition coefficient (Wildman–Crippen LogP) is -0.776. The molecule has 0 aromatic heterocycles. The maximum atomic E-state index is 10.4. The number of nitrogens with one attached hydrogen (secondary N) is 1. The summed E-state index contributed by atoms with van der Waals surface area (Å²) in [6.07, 6.45) is 1.44. The van der Waals surface area contributed by atoms with Crippen molar-refractivity contribution >= 4 is 5.91 Å². The van der Waals surface area contributed by atoms with Crippen molar-refractivity contribution in [1.82, 2.24) is 5.32 Å². The van der Waals surface area contributed by atoms with Crippen LogP contribution in [0.5, 0.6) is 0 Å². The minimum atomic E-state index is 0.131. The van der Waals surface area contributed by atoms with Crippen LogP contribution in [0.1, 0.15) is 12.8 Å². The largest absolute Gasteiger partial charge is 0.355 e. The van der Waals surface area contributed by atoms with Gasteiger partial charge < -0.3 is 11.1 Å². The fraction of sp³-hybridized carbons (Fsp3) is 0.800. The van der Waals surface area contributed by atoms with Crippen LogP contribution in [0.4, 0.5) is 0 Å². The van der Waals surface area contributed by atoms with Crippen LogP contribution in [0.15, 0.2) is 0 Å². The summed E-state index contributed by atoms with van der Waals surface area (Å²) in [4.78, 5) is 10.4. The molecule has 3 heteroatoms. The highest BCUT2D eigenvalue weighted by Gasteiger charge is 2.12. The minimum Gasteiger partial charge on any atom is -0.355 e. The van der Waals surface area contributed by atoms with Gasteiger partial charge >= 0.3 is 0 Å². The SMILES string of the molecule is NC1CCC(=O)NC1. The summed E-state index contributed by atoms with van der Waals surface area (Å²) in [5.41, 5.74) is 5.48. The first-order chi connectivity index (χ1) is 3.79. The maximum Gasteiger partial charge on any atom is 0.220 e. The molecule has 1 amide bonds. The monoisotopic (exact) mass is 114 g/mol. The van der Waals surface area contributed by atoms with Crippen LogP contribution < -0.4 is 11.1 Å². The number of amides is 1. The lowest BCUT2D eigenvalue weighted by Crippen LogP contribution is -2.42. The molecule has 1 aliphatic rings. The molecule has 0 aromatic carbocycles. The topological polar surface area (TPSA) is 55.1 Å². The number of carbonyl (C=O) groups is 1. The lowest BCUT2D eigenvalue weighted by Gasteiger charge is -2.17. The summed E-state index contributed by atoms with van der Waals surface area (Å²) in [5.74, 6) is 0.131. The van der Waals surface area contributed by atoms with Crippen molar-refractivity contribution in [3.8, 4) is 0 Å². The van der Waals surface area contributed by atoms with E-state index < -0.39 is 0 Å².